The predicted octanol–water partition coefficient (Wildman–Crippen LogP) is 0.821. The lowest BCUT2D eigenvalue weighted by atomic mass is 10.2. The minimum Gasteiger partial charge on any atom is -0.299 e. The molecule has 3 heteroatoms. The van der Waals surface area contributed by atoms with Crippen molar-refractivity contribution in [3.05, 3.63) is 30.1 Å². The van der Waals surface area contributed by atoms with Gasteiger partial charge < -0.3 is 0 Å². The lowest BCUT2D eigenvalue weighted by Gasteiger charge is -2.07. The molecule has 1 aromatic heterocycles. The zero-order valence-corrected chi connectivity index (χ0v) is 5.41. The maximum absolute atomic E-state index is 7.44. The predicted molar refractivity (Wildman–Crippen MR) is 38.2 cm³/mol. The summed E-state index contributed by atoms with van der Waals surface area (Å²) in [7, 11) is 0. The molecule has 0 radical (unpaired) electrons. The number of nitrogens with zero attached hydrogens (tertiary/aromatic N) is 2. The van der Waals surface area contributed by atoms with Crippen LogP contribution in [0.4, 0.5) is 0 Å². The van der Waals surface area contributed by atoms with E-state index >= 15 is 0 Å². The van der Waals surface area contributed by atoms with E-state index in [1.165, 1.54) is 0 Å². The first-order valence-corrected chi connectivity index (χ1v) is 3.15. The van der Waals surface area contributed by atoms with Crippen molar-refractivity contribution in [2.75, 3.05) is 0 Å². The fourth-order valence-electron chi connectivity index (χ4n) is 1.06. The Morgan fingerprint density at radius 3 is 3.30 bits per heavy atom. The Labute approximate surface area is 58.5 Å². The topological polar surface area (TPSA) is 41.7 Å². The van der Waals surface area contributed by atoms with E-state index in [0.29, 0.717) is 5.71 Å². The van der Waals surface area contributed by atoms with Gasteiger partial charge in [0, 0.05) is 6.20 Å². The van der Waals surface area contributed by atoms with Crippen LogP contribution in [-0.2, 0) is 6.54 Å². The van der Waals surface area contributed by atoms with E-state index in [1.54, 1.807) is 12.3 Å². The van der Waals surface area contributed by atoms with E-state index in [9.17, 15) is 0 Å². The highest BCUT2D eigenvalue weighted by Gasteiger charge is 2.07. The number of hydrogen-bond donors (Lipinski definition) is 1. The van der Waals surface area contributed by atoms with E-state index < -0.39 is 0 Å². The molecule has 3 nitrogen and oxygen atoms in total. The van der Waals surface area contributed by atoms with Crippen LogP contribution in [0.1, 0.15) is 5.69 Å². The summed E-state index contributed by atoms with van der Waals surface area (Å²) in [6.45, 7) is 0.796. The largest absolute Gasteiger partial charge is 0.299 e. The fraction of sp³-hybridized carbons (Fsp3) is 0.143. The van der Waals surface area contributed by atoms with Gasteiger partial charge in [0.1, 0.15) is 0 Å². The molecule has 1 aliphatic rings. The molecule has 1 N–H and O–H groups in total. The van der Waals surface area contributed by atoms with Crippen LogP contribution in [-0.4, -0.2) is 15.5 Å². The Kier molecular flexibility index (Phi) is 0.974. The van der Waals surface area contributed by atoms with Crippen molar-refractivity contribution in [2.24, 2.45) is 0 Å². The first-order chi connectivity index (χ1) is 4.88. The molecule has 0 aromatic carbocycles. The van der Waals surface area contributed by atoms with Gasteiger partial charge in [0.05, 0.1) is 18.0 Å². The monoisotopic (exact) mass is 133 g/mol. The molecule has 0 spiro atoms. The molecule has 50 valence electrons. The minimum absolute atomic E-state index is 0.545. The molecule has 0 atom stereocenters. The molecule has 1 aliphatic heterocycles. The summed E-state index contributed by atoms with van der Waals surface area (Å²) >= 11 is 0. The molecule has 0 saturated heterocycles. The van der Waals surface area contributed by atoms with Crippen LogP contribution in [0.5, 0.6) is 0 Å². The van der Waals surface area contributed by atoms with E-state index in [4.69, 9.17) is 5.41 Å². The van der Waals surface area contributed by atoms with Crippen molar-refractivity contribution < 1.29 is 0 Å². The van der Waals surface area contributed by atoms with Crippen LogP contribution < -0.4 is 0 Å². The quantitative estimate of drug-likeness (QED) is 0.559. The second kappa shape index (κ2) is 1.80. The number of hydrogen-bond acceptors (Lipinski definition) is 2. The van der Waals surface area contributed by atoms with Gasteiger partial charge in [0.25, 0.3) is 0 Å². The van der Waals surface area contributed by atoms with Crippen LogP contribution in [0, 0.1) is 5.41 Å². The van der Waals surface area contributed by atoms with Gasteiger partial charge in [0.2, 0.25) is 0 Å². The lowest BCUT2D eigenvalue weighted by Crippen LogP contribution is -2.12. The van der Waals surface area contributed by atoms with E-state index in [-0.39, 0.29) is 0 Å². The second-order valence-electron chi connectivity index (χ2n) is 2.21. The molecule has 0 fully saturated rings. The second-order valence-corrected chi connectivity index (χ2v) is 2.21. The normalized spacial score (nSPS) is 15.4. The smallest absolute Gasteiger partial charge is 0.0862 e. The zero-order valence-electron chi connectivity index (χ0n) is 5.41. The zero-order chi connectivity index (χ0) is 6.97. The van der Waals surface area contributed by atoms with E-state index in [1.807, 2.05) is 16.8 Å². The average molecular weight is 133 g/mol. The van der Waals surface area contributed by atoms with Crippen molar-refractivity contribution >= 4 is 5.71 Å². The molecular weight excluding hydrogens is 126 g/mol. The summed E-state index contributed by atoms with van der Waals surface area (Å²) < 4.78 is 1.81. The molecule has 0 bridgehead atoms. The maximum Gasteiger partial charge on any atom is 0.0862 e. The maximum atomic E-state index is 7.44. The summed E-state index contributed by atoms with van der Waals surface area (Å²) in [5.41, 5.74) is 1.45. The van der Waals surface area contributed by atoms with Gasteiger partial charge in [-0.25, -0.2) is 0 Å². The van der Waals surface area contributed by atoms with E-state index in [0.717, 1.165) is 12.2 Å². The molecule has 0 aliphatic carbocycles. The van der Waals surface area contributed by atoms with Crippen LogP contribution in [0.2, 0.25) is 0 Å². The highest BCUT2D eigenvalue weighted by molar-refractivity contribution is 6.05. The third kappa shape index (κ3) is 0.603. The molecule has 0 amide bonds. The van der Waals surface area contributed by atoms with Crippen molar-refractivity contribution in [1.82, 2.24) is 9.78 Å². The van der Waals surface area contributed by atoms with Gasteiger partial charge in [-0.1, -0.05) is 6.08 Å². The summed E-state index contributed by atoms with van der Waals surface area (Å²) in [5, 5.41) is 11.5. The van der Waals surface area contributed by atoms with E-state index in [2.05, 4.69) is 5.10 Å². The first-order valence-electron chi connectivity index (χ1n) is 3.15. The standard InChI is InChI=1S/C7H7N3/c8-6-2-1-5-10-7(6)3-4-9-10/h1-4,8H,5H2. The van der Waals surface area contributed by atoms with Crippen LogP contribution >= 0.6 is 0 Å². The van der Waals surface area contributed by atoms with Crippen LogP contribution in [0.25, 0.3) is 0 Å². The Hall–Kier alpha value is -1.38. The number of aromatic nitrogens is 2. The Morgan fingerprint density at radius 2 is 2.50 bits per heavy atom. The average Bonchev–Trinajstić information content (AvgIpc) is 2.36. The molecule has 2 heterocycles. The molecule has 0 saturated carbocycles. The fourth-order valence-corrected chi connectivity index (χ4v) is 1.06. The number of fused-ring (bicyclic) bond motifs is 1. The number of rotatable bonds is 0. The third-order valence-electron chi connectivity index (χ3n) is 1.56. The van der Waals surface area contributed by atoms with Crippen molar-refractivity contribution in [3.8, 4) is 0 Å². The van der Waals surface area contributed by atoms with Crippen molar-refractivity contribution in [1.29, 1.82) is 5.41 Å². The van der Waals surface area contributed by atoms with Crippen molar-refractivity contribution in [2.45, 2.75) is 6.54 Å². The van der Waals surface area contributed by atoms with Crippen LogP contribution in [0.15, 0.2) is 24.4 Å². The van der Waals surface area contributed by atoms with Crippen molar-refractivity contribution in [3.63, 3.8) is 0 Å². The number of allylic oxidation sites excluding steroid dienone is 2. The molecule has 10 heavy (non-hydrogen) atoms. The highest BCUT2D eigenvalue weighted by Crippen LogP contribution is 2.05. The van der Waals surface area contributed by atoms with Gasteiger partial charge >= 0.3 is 0 Å². The summed E-state index contributed by atoms with van der Waals surface area (Å²) in [4.78, 5) is 0. The molecule has 0 unspecified atom stereocenters. The van der Waals surface area contributed by atoms with Gasteiger partial charge in [-0.3, -0.25) is 10.1 Å². The molecule has 2 rings (SSSR count). The SMILES string of the molecule is N=C1C=CCn2nccc21. The highest BCUT2D eigenvalue weighted by atomic mass is 15.3. The van der Waals surface area contributed by atoms with Crippen LogP contribution in [0.3, 0.4) is 0 Å². The minimum atomic E-state index is 0.545. The Bertz CT molecular complexity index is 296. The number of nitrogens with one attached hydrogen (secondary N) is 1. The molecule has 1 aromatic rings. The van der Waals surface area contributed by atoms with Gasteiger partial charge in [0.15, 0.2) is 0 Å². The third-order valence-corrected chi connectivity index (χ3v) is 1.56. The first kappa shape index (κ1) is 5.41. The van der Waals surface area contributed by atoms with Gasteiger partial charge in [-0.15, -0.1) is 0 Å². The van der Waals surface area contributed by atoms with Gasteiger partial charge in [-0.2, -0.15) is 5.10 Å². The Balaban J connectivity index is 2.58. The summed E-state index contributed by atoms with van der Waals surface area (Å²) in [6.07, 6.45) is 5.45. The van der Waals surface area contributed by atoms with Gasteiger partial charge in [-0.05, 0) is 12.1 Å². The summed E-state index contributed by atoms with van der Waals surface area (Å²) in [5.74, 6) is 0. The summed E-state index contributed by atoms with van der Waals surface area (Å²) in [6, 6.07) is 1.85. The molecular formula is C7H7N3. The lowest BCUT2D eigenvalue weighted by molar-refractivity contribution is 0.689. The Morgan fingerprint density at radius 1 is 1.60 bits per heavy atom.